The summed E-state index contributed by atoms with van der Waals surface area (Å²) in [5.74, 6) is 0.342. The second-order valence-corrected chi connectivity index (χ2v) is 8.01. The largest absolute Gasteiger partial charge is 0.397 e. The molecule has 140 valence electrons. The number of nitrogens with two attached hydrogens (primary N) is 1. The molecular weight excluding hydrogens is 358 g/mol. The molecule has 1 aliphatic rings. The molecule has 2 heterocycles. The van der Waals surface area contributed by atoms with E-state index in [0.29, 0.717) is 23.0 Å². The Labute approximate surface area is 162 Å². The maximum atomic E-state index is 12.6. The summed E-state index contributed by atoms with van der Waals surface area (Å²) in [6.07, 6.45) is 8.08. The summed E-state index contributed by atoms with van der Waals surface area (Å²) >= 11 is 1.65. The molecule has 27 heavy (non-hydrogen) atoms. The average molecular weight is 382 g/mol. The standard InChI is InChI=1S/C20H23N5OS/c21-16-9-8-15(19-7-4-10-27-19)11-17(16)22-20(26)18-13-25(24-23-18)12-14-5-2-1-3-6-14/h4,7-11,13-14H,1-3,5-6,12,21H2,(H,22,26). The molecule has 0 atom stereocenters. The van der Waals surface area contributed by atoms with Crippen molar-refractivity contribution in [2.75, 3.05) is 11.1 Å². The second kappa shape index (κ2) is 7.92. The predicted molar refractivity (Wildman–Crippen MR) is 109 cm³/mol. The fourth-order valence-corrected chi connectivity index (χ4v) is 4.30. The number of carbonyl (C=O) groups excluding carboxylic acids is 1. The molecule has 0 saturated heterocycles. The molecule has 0 unspecified atom stereocenters. The number of nitrogens with one attached hydrogen (secondary N) is 1. The Hall–Kier alpha value is -2.67. The summed E-state index contributed by atoms with van der Waals surface area (Å²) < 4.78 is 1.79. The van der Waals surface area contributed by atoms with Crippen LogP contribution in [0.1, 0.15) is 42.6 Å². The van der Waals surface area contributed by atoms with Gasteiger partial charge in [-0.05, 0) is 47.9 Å². The zero-order chi connectivity index (χ0) is 18.6. The van der Waals surface area contributed by atoms with Crippen LogP contribution in [0.15, 0.2) is 41.9 Å². The van der Waals surface area contributed by atoms with Crippen LogP contribution in [-0.4, -0.2) is 20.9 Å². The van der Waals surface area contributed by atoms with Crippen LogP contribution < -0.4 is 11.1 Å². The molecule has 1 saturated carbocycles. The Morgan fingerprint density at radius 3 is 2.89 bits per heavy atom. The van der Waals surface area contributed by atoms with Gasteiger partial charge < -0.3 is 11.1 Å². The fourth-order valence-electron chi connectivity index (χ4n) is 3.57. The molecule has 0 bridgehead atoms. The number of thiophene rings is 1. The summed E-state index contributed by atoms with van der Waals surface area (Å²) in [7, 11) is 0. The van der Waals surface area contributed by atoms with E-state index in [1.54, 1.807) is 22.2 Å². The lowest BCUT2D eigenvalue weighted by atomic mass is 9.89. The van der Waals surface area contributed by atoms with Crippen LogP contribution in [0.25, 0.3) is 10.4 Å². The van der Waals surface area contributed by atoms with E-state index in [4.69, 9.17) is 5.73 Å². The van der Waals surface area contributed by atoms with E-state index in [1.165, 1.54) is 32.1 Å². The highest BCUT2D eigenvalue weighted by Crippen LogP contribution is 2.30. The minimum Gasteiger partial charge on any atom is -0.397 e. The van der Waals surface area contributed by atoms with Crippen molar-refractivity contribution in [3.63, 3.8) is 0 Å². The molecule has 0 spiro atoms. The van der Waals surface area contributed by atoms with E-state index < -0.39 is 0 Å². The topological polar surface area (TPSA) is 85.8 Å². The second-order valence-electron chi connectivity index (χ2n) is 7.06. The molecule has 1 aromatic carbocycles. The molecule has 1 fully saturated rings. The van der Waals surface area contributed by atoms with Gasteiger partial charge in [-0.3, -0.25) is 9.48 Å². The summed E-state index contributed by atoms with van der Waals surface area (Å²) in [4.78, 5) is 13.7. The fraction of sp³-hybridized carbons (Fsp3) is 0.350. The average Bonchev–Trinajstić information content (AvgIpc) is 3.36. The minimum atomic E-state index is -0.292. The number of anilines is 2. The molecule has 6 nitrogen and oxygen atoms in total. The van der Waals surface area contributed by atoms with Gasteiger partial charge in [0.15, 0.2) is 5.69 Å². The normalized spacial score (nSPS) is 15.0. The first kappa shape index (κ1) is 17.7. The lowest BCUT2D eigenvalue weighted by Crippen LogP contribution is -2.15. The van der Waals surface area contributed by atoms with Crippen molar-refractivity contribution in [3.05, 3.63) is 47.6 Å². The Morgan fingerprint density at radius 2 is 2.11 bits per heavy atom. The summed E-state index contributed by atoms with van der Waals surface area (Å²) in [5, 5.41) is 13.1. The summed E-state index contributed by atoms with van der Waals surface area (Å²) in [5.41, 5.74) is 8.50. The number of rotatable bonds is 5. The lowest BCUT2D eigenvalue weighted by molar-refractivity contribution is 0.102. The van der Waals surface area contributed by atoms with Gasteiger partial charge in [-0.15, -0.1) is 16.4 Å². The van der Waals surface area contributed by atoms with Crippen LogP contribution in [0.4, 0.5) is 11.4 Å². The van der Waals surface area contributed by atoms with E-state index in [2.05, 4.69) is 15.6 Å². The Bertz CT molecular complexity index is 912. The van der Waals surface area contributed by atoms with Crippen molar-refractivity contribution in [2.24, 2.45) is 5.92 Å². The number of aromatic nitrogens is 3. The van der Waals surface area contributed by atoms with Gasteiger partial charge in [0.25, 0.3) is 5.91 Å². The Balaban J connectivity index is 1.45. The van der Waals surface area contributed by atoms with Gasteiger partial charge in [-0.25, -0.2) is 0 Å². The van der Waals surface area contributed by atoms with Crippen molar-refractivity contribution in [3.8, 4) is 10.4 Å². The van der Waals surface area contributed by atoms with Crippen molar-refractivity contribution < 1.29 is 4.79 Å². The Kier molecular flexibility index (Phi) is 5.20. The maximum Gasteiger partial charge on any atom is 0.277 e. The van der Waals surface area contributed by atoms with Gasteiger partial charge in [0.2, 0.25) is 0 Å². The molecule has 2 aromatic heterocycles. The molecule has 0 radical (unpaired) electrons. The van der Waals surface area contributed by atoms with Gasteiger partial charge in [-0.1, -0.05) is 36.6 Å². The zero-order valence-electron chi connectivity index (χ0n) is 15.1. The molecule has 3 aromatic rings. The van der Waals surface area contributed by atoms with Crippen LogP contribution >= 0.6 is 11.3 Å². The molecule has 1 amide bonds. The van der Waals surface area contributed by atoms with Crippen molar-refractivity contribution in [1.29, 1.82) is 0 Å². The number of nitrogens with zero attached hydrogens (tertiary/aromatic N) is 3. The lowest BCUT2D eigenvalue weighted by Gasteiger charge is -2.20. The van der Waals surface area contributed by atoms with Gasteiger partial charge in [0, 0.05) is 11.4 Å². The number of nitrogen functional groups attached to an aromatic ring is 1. The van der Waals surface area contributed by atoms with E-state index >= 15 is 0 Å². The molecule has 4 rings (SSSR count). The predicted octanol–water partition coefficient (Wildman–Crippen LogP) is 4.42. The SMILES string of the molecule is Nc1ccc(-c2cccs2)cc1NC(=O)c1cn(CC2CCCCC2)nn1. The number of carbonyl (C=O) groups is 1. The van der Waals surface area contributed by atoms with Gasteiger partial charge in [-0.2, -0.15) is 0 Å². The first-order valence-corrected chi connectivity index (χ1v) is 10.2. The molecular formula is C20H23N5OS. The minimum absolute atomic E-state index is 0.292. The van der Waals surface area contributed by atoms with Crippen LogP contribution in [0.5, 0.6) is 0 Å². The third-order valence-corrected chi connectivity index (χ3v) is 5.97. The van der Waals surface area contributed by atoms with Crippen LogP contribution in [0.3, 0.4) is 0 Å². The van der Waals surface area contributed by atoms with E-state index in [-0.39, 0.29) is 5.91 Å². The quantitative estimate of drug-likeness (QED) is 0.641. The van der Waals surface area contributed by atoms with Gasteiger partial charge in [0.05, 0.1) is 17.6 Å². The van der Waals surface area contributed by atoms with Gasteiger partial charge in [0.1, 0.15) is 0 Å². The zero-order valence-corrected chi connectivity index (χ0v) is 15.9. The highest BCUT2D eigenvalue weighted by molar-refractivity contribution is 7.13. The van der Waals surface area contributed by atoms with E-state index in [9.17, 15) is 4.79 Å². The Morgan fingerprint density at radius 1 is 1.26 bits per heavy atom. The molecule has 0 aliphatic heterocycles. The number of hydrogen-bond acceptors (Lipinski definition) is 5. The van der Waals surface area contributed by atoms with Crippen molar-refractivity contribution >= 4 is 28.6 Å². The molecule has 3 N–H and O–H groups in total. The number of benzene rings is 1. The van der Waals surface area contributed by atoms with E-state index in [0.717, 1.165) is 17.0 Å². The van der Waals surface area contributed by atoms with Gasteiger partial charge >= 0.3 is 0 Å². The van der Waals surface area contributed by atoms with Crippen molar-refractivity contribution in [1.82, 2.24) is 15.0 Å². The number of amides is 1. The molecule has 1 aliphatic carbocycles. The van der Waals surface area contributed by atoms with Crippen LogP contribution in [-0.2, 0) is 6.54 Å². The van der Waals surface area contributed by atoms with E-state index in [1.807, 2.05) is 35.7 Å². The number of hydrogen-bond donors (Lipinski definition) is 2. The summed E-state index contributed by atoms with van der Waals surface area (Å²) in [6, 6.07) is 9.70. The monoisotopic (exact) mass is 381 g/mol. The first-order chi connectivity index (χ1) is 13.2. The highest BCUT2D eigenvalue weighted by Gasteiger charge is 2.17. The maximum absolute atomic E-state index is 12.6. The highest BCUT2D eigenvalue weighted by atomic mass is 32.1. The van der Waals surface area contributed by atoms with Crippen LogP contribution in [0, 0.1) is 5.92 Å². The third kappa shape index (κ3) is 4.19. The summed E-state index contributed by atoms with van der Waals surface area (Å²) in [6.45, 7) is 0.830. The smallest absolute Gasteiger partial charge is 0.277 e. The first-order valence-electron chi connectivity index (χ1n) is 9.34. The third-order valence-electron chi connectivity index (χ3n) is 5.05. The van der Waals surface area contributed by atoms with Crippen LogP contribution in [0.2, 0.25) is 0 Å². The molecule has 7 heteroatoms. The van der Waals surface area contributed by atoms with Crippen molar-refractivity contribution in [2.45, 2.75) is 38.6 Å².